The fourth-order valence-corrected chi connectivity index (χ4v) is 3.11. The summed E-state index contributed by atoms with van der Waals surface area (Å²) in [5.41, 5.74) is 1.35. The van der Waals surface area contributed by atoms with Crippen LogP contribution in [0, 0.1) is 0 Å². The molecule has 0 aromatic carbocycles. The van der Waals surface area contributed by atoms with Gasteiger partial charge in [0.25, 0.3) is 0 Å². The van der Waals surface area contributed by atoms with Gasteiger partial charge in [-0.2, -0.15) is 16.9 Å². The maximum atomic E-state index is 4.76. The number of aromatic nitrogens is 2. The Kier molecular flexibility index (Phi) is 9.23. The molecule has 0 saturated carbocycles. The van der Waals surface area contributed by atoms with Crippen molar-refractivity contribution in [3.05, 3.63) is 18.0 Å². The van der Waals surface area contributed by atoms with Crippen molar-refractivity contribution in [3.63, 3.8) is 0 Å². The second kappa shape index (κ2) is 10.4. The number of nitrogens with one attached hydrogen (secondary N) is 1. The minimum absolute atomic E-state index is 0. The molecule has 126 valence electrons. The van der Waals surface area contributed by atoms with Crippen LogP contribution < -0.4 is 5.32 Å². The third-order valence-electron chi connectivity index (χ3n) is 3.79. The molecule has 1 fully saturated rings. The first kappa shape index (κ1) is 19.6. The van der Waals surface area contributed by atoms with Crippen LogP contribution in [0.2, 0.25) is 0 Å². The van der Waals surface area contributed by atoms with E-state index in [-0.39, 0.29) is 24.0 Å². The molecule has 0 aliphatic carbocycles. The molecule has 22 heavy (non-hydrogen) atoms. The van der Waals surface area contributed by atoms with Gasteiger partial charge < -0.3 is 10.2 Å². The zero-order valence-corrected chi connectivity index (χ0v) is 16.9. The third-order valence-corrected chi connectivity index (χ3v) is 4.48. The van der Waals surface area contributed by atoms with Gasteiger partial charge in [0.05, 0.1) is 6.20 Å². The summed E-state index contributed by atoms with van der Waals surface area (Å²) in [7, 11) is 1.98. The molecular weight excluding hydrogens is 409 g/mol. The average molecular weight is 437 g/mol. The van der Waals surface area contributed by atoms with Gasteiger partial charge in [0.15, 0.2) is 5.96 Å². The van der Waals surface area contributed by atoms with Crippen LogP contribution in [0.3, 0.4) is 0 Å². The molecule has 1 aromatic heterocycles. The maximum absolute atomic E-state index is 4.76. The number of thioether (sulfide) groups is 1. The second-order valence-electron chi connectivity index (χ2n) is 5.46. The Morgan fingerprint density at radius 2 is 2.36 bits per heavy atom. The van der Waals surface area contributed by atoms with Gasteiger partial charge in [-0.15, -0.1) is 24.0 Å². The zero-order valence-electron chi connectivity index (χ0n) is 13.8. The molecule has 1 aliphatic heterocycles. The van der Waals surface area contributed by atoms with Gasteiger partial charge in [-0.3, -0.25) is 9.67 Å². The first-order chi connectivity index (χ1) is 10.2. The van der Waals surface area contributed by atoms with E-state index in [9.17, 15) is 0 Å². The first-order valence-electron chi connectivity index (χ1n) is 7.75. The molecular formula is C15H28IN5S. The summed E-state index contributed by atoms with van der Waals surface area (Å²) < 4.78 is 1.89. The molecule has 0 radical (unpaired) electrons. The highest BCUT2D eigenvalue weighted by molar-refractivity contribution is 14.0. The summed E-state index contributed by atoms with van der Waals surface area (Å²) >= 11 is 1.89. The Hall–Kier alpha value is -0.440. The van der Waals surface area contributed by atoms with Crippen molar-refractivity contribution in [2.75, 3.05) is 38.2 Å². The van der Waals surface area contributed by atoms with E-state index in [0.717, 1.165) is 38.6 Å². The molecule has 1 aliphatic rings. The van der Waals surface area contributed by atoms with E-state index < -0.39 is 0 Å². The van der Waals surface area contributed by atoms with Gasteiger partial charge in [-0.25, -0.2) is 0 Å². The maximum Gasteiger partial charge on any atom is 0.193 e. The first-order valence-corrected chi connectivity index (χ1v) is 9.14. The molecule has 1 saturated heterocycles. The predicted octanol–water partition coefficient (Wildman–Crippen LogP) is 2.55. The van der Waals surface area contributed by atoms with Gasteiger partial charge in [0.2, 0.25) is 0 Å². The highest BCUT2D eigenvalue weighted by Crippen LogP contribution is 2.26. The Balaban J connectivity index is 0.00000242. The molecule has 2 heterocycles. The number of nitrogens with zero attached hydrogens (tertiary/aromatic N) is 4. The molecule has 0 amide bonds. The number of aryl methyl sites for hydroxylation is 1. The topological polar surface area (TPSA) is 45.5 Å². The monoisotopic (exact) mass is 437 g/mol. The molecule has 0 spiro atoms. The minimum atomic E-state index is 0. The highest BCUT2D eigenvalue weighted by Gasteiger charge is 2.26. The Labute approximate surface area is 155 Å². The van der Waals surface area contributed by atoms with Crippen molar-refractivity contribution in [2.45, 2.75) is 25.7 Å². The smallest absolute Gasteiger partial charge is 0.193 e. The number of halogens is 1. The molecule has 5 nitrogen and oxygen atoms in total. The number of aliphatic imine (C=N–C) groups is 1. The quantitative estimate of drug-likeness (QED) is 0.322. The van der Waals surface area contributed by atoms with Crippen LogP contribution in [0.1, 0.15) is 31.2 Å². The molecule has 0 bridgehead atoms. The summed E-state index contributed by atoms with van der Waals surface area (Å²) in [6, 6.07) is 0. The zero-order chi connectivity index (χ0) is 15.1. The lowest BCUT2D eigenvalue weighted by Gasteiger charge is -2.21. The van der Waals surface area contributed by atoms with Crippen molar-refractivity contribution >= 4 is 41.7 Å². The average Bonchev–Trinajstić information content (AvgIpc) is 3.11. The summed E-state index contributed by atoms with van der Waals surface area (Å²) in [6.45, 7) is 6.09. The fourth-order valence-electron chi connectivity index (χ4n) is 2.70. The Bertz CT molecular complexity index is 463. The molecule has 1 unspecified atom stereocenters. The minimum Gasteiger partial charge on any atom is -0.357 e. The van der Waals surface area contributed by atoms with Crippen LogP contribution in [0.4, 0.5) is 0 Å². The summed E-state index contributed by atoms with van der Waals surface area (Å²) in [5.74, 6) is 2.83. The standard InChI is InChI=1S/C15H27N5S.HI/c1-4-16-15(17-7-5-9-21-3)20-8-6-13(12-20)14-10-18-19(2)11-14;/h10-11,13H,4-9,12H2,1-3H3,(H,16,17);1H. The summed E-state index contributed by atoms with van der Waals surface area (Å²) in [6.07, 6.45) is 8.61. The van der Waals surface area contributed by atoms with E-state index in [0.29, 0.717) is 5.92 Å². The van der Waals surface area contributed by atoms with Gasteiger partial charge in [-0.05, 0) is 37.3 Å². The molecule has 2 rings (SSSR count). The predicted molar refractivity (Wildman–Crippen MR) is 107 cm³/mol. The Morgan fingerprint density at radius 3 is 3.00 bits per heavy atom. The van der Waals surface area contributed by atoms with E-state index in [1.165, 1.54) is 17.7 Å². The van der Waals surface area contributed by atoms with Crippen molar-refractivity contribution in [2.24, 2.45) is 12.0 Å². The van der Waals surface area contributed by atoms with Crippen LogP contribution in [-0.4, -0.2) is 58.8 Å². The van der Waals surface area contributed by atoms with Crippen molar-refractivity contribution in [1.29, 1.82) is 0 Å². The third kappa shape index (κ3) is 5.64. The van der Waals surface area contributed by atoms with Gasteiger partial charge in [0, 0.05) is 45.3 Å². The van der Waals surface area contributed by atoms with Gasteiger partial charge in [0.1, 0.15) is 0 Å². The summed E-state index contributed by atoms with van der Waals surface area (Å²) in [5, 5.41) is 7.71. The molecule has 1 atom stereocenters. The lowest BCUT2D eigenvalue weighted by molar-refractivity contribution is 0.486. The van der Waals surface area contributed by atoms with Crippen LogP contribution >= 0.6 is 35.7 Å². The number of hydrogen-bond acceptors (Lipinski definition) is 3. The van der Waals surface area contributed by atoms with E-state index in [4.69, 9.17) is 4.99 Å². The Morgan fingerprint density at radius 1 is 1.55 bits per heavy atom. The van der Waals surface area contributed by atoms with Crippen LogP contribution in [0.5, 0.6) is 0 Å². The normalized spacial score (nSPS) is 18.4. The van der Waals surface area contributed by atoms with Gasteiger partial charge >= 0.3 is 0 Å². The fraction of sp³-hybridized carbons (Fsp3) is 0.733. The molecule has 1 N–H and O–H groups in total. The number of rotatable bonds is 6. The highest BCUT2D eigenvalue weighted by atomic mass is 127. The lowest BCUT2D eigenvalue weighted by Crippen LogP contribution is -2.40. The van der Waals surface area contributed by atoms with Crippen molar-refractivity contribution in [1.82, 2.24) is 20.0 Å². The molecule has 7 heteroatoms. The van der Waals surface area contributed by atoms with Crippen molar-refractivity contribution < 1.29 is 0 Å². The number of hydrogen-bond donors (Lipinski definition) is 1. The van der Waals surface area contributed by atoms with E-state index in [2.05, 4.69) is 34.7 Å². The van der Waals surface area contributed by atoms with Crippen molar-refractivity contribution in [3.8, 4) is 0 Å². The van der Waals surface area contributed by atoms with E-state index >= 15 is 0 Å². The SMILES string of the molecule is CCNC(=NCCCSC)N1CCC(c2cnn(C)c2)C1.I. The largest absolute Gasteiger partial charge is 0.357 e. The van der Waals surface area contributed by atoms with E-state index in [1.54, 1.807) is 0 Å². The lowest BCUT2D eigenvalue weighted by atomic mass is 10.0. The van der Waals surface area contributed by atoms with E-state index in [1.807, 2.05) is 29.7 Å². The number of likely N-dealkylation sites (tertiary alicyclic amines) is 1. The van der Waals surface area contributed by atoms with Crippen LogP contribution in [0.15, 0.2) is 17.4 Å². The second-order valence-corrected chi connectivity index (χ2v) is 6.45. The van der Waals surface area contributed by atoms with Gasteiger partial charge in [-0.1, -0.05) is 0 Å². The molecule has 1 aromatic rings. The number of guanidine groups is 1. The van der Waals surface area contributed by atoms with Crippen LogP contribution in [0.25, 0.3) is 0 Å². The summed E-state index contributed by atoms with van der Waals surface area (Å²) in [4.78, 5) is 7.15. The van der Waals surface area contributed by atoms with Crippen LogP contribution in [-0.2, 0) is 7.05 Å².